The van der Waals surface area contributed by atoms with Crippen LogP contribution in [-0.2, 0) is 12.1 Å². The van der Waals surface area contributed by atoms with Crippen LogP contribution in [0, 0.1) is 0 Å². The van der Waals surface area contributed by atoms with Gasteiger partial charge in [-0.2, -0.15) is 0 Å². The van der Waals surface area contributed by atoms with Crippen molar-refractivity contribution in [2.45, 2.75) is 25.9 Å². The van der Waals surface area contributed by atoms with E-state index in [1.54, 1.807) is 20.0 Å². The summed E-state index contributed by atoms with van der Waals surface area (Å²) in [7, 11) is 1.90. The van der Waals surface area contributed by atoms with Crippen LogP contribution < -0.4 is 5.32 Å². The van der Waals surface area contributed by atoms with Gasteiger partial charge in [0.2, 0.25) is 0 Å². The van der Waals surface area contributed by atoms with Gasteiger partial charge in [-0.25, -0.2) is 9.37 Å². The molecule has 0 aliphatic carbocycles. The number of nitrogens with one attached hydrogen (secondary N) is 1. The second kappa shape index (κ2) is 4.15. The van der Waals surface area contributed by atoms with Crippen LogP contribution in [0.25, 0.3) is 0 Å². The first-order valence-electron chi connectivity index (χ1n) is 4.32. The lowest BCUT2D eigenvalue weighted by atomic mass is 10.1. The Bertz CT molecular complexity index is 265. The Labute approximate surface area is 82.2 Å². The second-order valence-corrected chi connectivity index (χ2v) is 4.56. The molecule has 2 nitrogen and oxygen atoms in total. The molecule has 0 aliphatic heterocycles. The molecule has 0 aromatic carbocycles. The Morgan fingerprint density at radius 3 is 2.77 bits per heavy atom. The van der Waals surface area contributed by atoms with E-state index in [0.29, 0.717) is 4.88 Å². The van der Waals surface area contributed by atoms with Crippen molar-refractivity contribution in [1.29, 1.82) is 0 Å². The summed E-state index contributed by atoms with van der Waals surface area (Å²) in [6.07, 6.45) is 2.51. The number of rotatable bonds is 4. The third kappa shape index (κ3) is 3.04. The van der Waals surface area contributed by atoms with Gasteiger partial charge in [0.25, 0.3) is 0 Å². The molecule has 13 heavy (non-hydrogen) atoms. The Hall–Kier alpha value is -0.480. The predicted molar refractivity (Wildman–Crippen MR) is 53.9 cm³/mol. The molecular formula is C9H15FN2S. The molecule has 1 N–H and O–H groups in total. The van der Waals surface area contributed by atoms with Crippen LogP contribution in [0.2, 0.25) is 0 Å². The van der Waals surface area contributed by atoms with Gasteiger partial charge >= 0.3 is 0 Å². The predicted octanol–water partition coefficient (Wildman–Crippen LogP) is 2.11. The van der Waals surface area contributed by atoms with Gasteiger partial charge in [-0.05, 0) is 20.9 Å². The molecule has 1 aromatic rings. The first-order chi connectivity index (χ1) is 6.04. The molecule has 0 aliphatic rings. The Balaban J connectivity index is 2.64. The van der Waals surface area contributed by atoms with Gasteiger partial charge in [0.15, 0.2) is 0 Å². The number of nitrogens with zero attached hydrogens (tertiary/aromatic N) is 1. The topological polar surface area (TPSA) is 24.9 Å². The molecular weight excluding hydrogens is 187 g/mol. The third-order valence-corrected chi connectivity index (χ3v) is 3.08. The number of halogens is 1. The number of likely N-dealkylation sites (N-methyl/N-ethyl adjacent to an activating group) is 1. The van der Waals surface area contributed by atoms with E-state index in [-0.39, 0.29) is 0 Å². The molecule has 0 bridgehead atoms. The standard InChI is InChI=1S/C9H15FN2S/c1-9(2,10)7-6-12-8(13-7)4-5-11-3/h6,11H,4-5H2,1-3H3. The zero-order valence-electron chi connectivity index (χ0n) is 8.22. The average Bonchev–Trinajstić information content (AvgIpc) is 2.47. The monoisotopic (exact) mass is 202 g/mol. The lowest BCUT2D eigenvalue weighted by Gasteiger charge is -2.09. The van der Waals surface area contributed by atoms with Crippen LogP contribution in [0.5, 0.6) is 0 Å². The van der Waals surface area contributed by atoms with Crippen molar-refractivity contribution in [3.63, 3.8) is 0 Å². The van der Waals surface area contributed by atoms with Gasteiger partial charge in [-0.3, -0.25) is 0 Å². The number of thiazole rings is 1. The normalized spacial score (nSPS) is 12.0. The molecule has 1 heterocycles. The SMILES string of the molecule is CNCCc1ncc(C(C)(C)F)s1. The van der Waals surface area contributed by atoms with Gasteiger partial charge in [-0.15, -0.1) is 11.3 Å². The maximum absolute atomic E-state index is 13.4. The van der Waals surface area contributed by atoms with Crippen LogP contribution in [0.4, 0.5) is 4.39 Å². The number of aromatic nitrogens is 1. The quantitative estimate of drug-likeness (QED) is 0.809. The van der Waals surface area contributed by atoms with Crippen molar-refractivity contribution in [3.05, 3.63) is 16.1 Å². The largest absolute Gasteiger partial charge is 0.319 e. The minimum absolute atomic E-state index is 0.707. The number of hydrogen-bond acceptors (Lipinski definition) is 3. The molecule has 0 spiro atoms. The van der Waals surface area contributed by atoms with E-state index in [1.165, 1.54) is 11.3 Å². The molecule has 0 radical (unpaired) electrons. The van der Waals surface area contributed by atoms with Crippen LogP contribution in [0.1, 0.15) is 23.7 Å². The fourth-order valence-corrected chi connectivity index (χ4v) is 1.84. The Kier molecular flexibility index (Phi) is 3.39. The fourth-order valence-electron chi connectivity index (χ4n) is 0.933. The highest BCUT2D eigenvalue weighted by molar-refractivity contribution is 7.11. The van der Waals surface area contributed by atoms with Crippen molar-refractivity contribution in [3.8, 4) is 0 Å². The fraction of sp³-hybridized carbons (Fsp3) is 0.667. The van der Waals surface area contributed by atoms with E-state index in [2.05, 4.69) is 10.3 Å². The van der Waals surface area contributed by atoms with Crippen molar-refractivity contribution in [1.82, 2.24) is 10.3 Å². The van der Waals surface area contributed by atoms with E-state index in [0.717, 1.165) is 18.0 Å². The maximum atomic E-state index is 13.4. The molecule has 1 rings (SSSR count). The van der Waals surface area contributed by atoms with Crippen molar-refractivity contribution < 1.29 is 4.39 Å². The highest BCUT2D eigenvalue weighted by atomic mass is 32.1. The van der Waals surface area contributed by atoms with E-state index in [1.807, 2.05) is 7.05 Å². The lowest BCUT2D eigenvalue weighted by Crippen LogP contribution is -2.09. The van der Waals surface area contributed by atoms with Gasteiger partial charge in [0, 0.05) is 19.2 Å². The van der Waals surface area contributed by atoms with Gasteiger partial charge < -0.3 is 5.32 Å². The lowest BCUT2D eigenvalue weighted by molar-refractivity contribution is 0.226. The third-order valence-electron chi connectivity index (χ3n) is 1.73. The van der Waals surface area contributed by atoms with Crippen molar-refractivity contribution in [2.75, 3.05) is 13.6 Å². The molecule has 74 valence electrons. The maximum Gasteiger partial charge on any atom is 0.141 e. The first-order valence-corrected chi connectivity index (χ1v) is 5.14. The molecule has 4 heteroatoms. The van der Waals surface area contributed by atoms with Crippen molar-refractivity contribution >= 4 is 11.3 Å². The smallest absolute Gasteiger partial charge is 0.141 e. The van der Waals surface area contributed by atoms with E-state index in [4.69, 9.17) is 0 Å². The summed E-state index contributed by atoms with van der Waals surface area (Å²) in [4.78, 5) is 4.87. The summed E-state index contributed by atoms with van der Waals surface area (Å²) in [5.41, 5.74) is -1.25. The average molecular weight is 202 g/mol. The summed E-state index contributed by atoms with van der Waals surface area (Å²) >= 11 is 1.45. The highest BCUT2D eigenvalue weighted by Gasteiger charge is 2.21. The van der Waals surface area contributed by atoms with Gasteiger partial charge in [0.1, 0.15) is 5.67 Å². The molecule has 0 saturated heterocycles. The minimum atomic E-state index is -1.25. The van der Waals surface area contributed by atoms with E-state index >= 15 is 0 Å². The molecule has 1 aromatic heterocycles. The van der Waals surface area contributed by atoms with Crippen LogP contribution in [0.15, 0.2) is 6.20 Å². The van der Waals surface area contributed by atoms with Gasteiger partial charge in [0.05, 0.1) is 9.88 Å². The summed E-state index contributed by atoms with van der Waals surface area (Å²) in [5.74, 6) is 0. The first kappa shape index (κ1) is 10.6. The number of hydrogen-bond donors (Lipinski definition) is 1. The van der Waals surface area contributed by atoms with Gasteiger partial charge in [-0.1, -0.05) is 0 Å². The summed E-state index contributed by atoms with van der Waals surface area (Å²) in [6.45, 7) is 4.00. The number of alkyl halides is 1. The van der Waals surface area contributed by atoms with Crippen LogP contribution >= 0.6 is 11.3 Å². The Morgan fingerprint density at radius 1 is 1.62 bits per heavy atom. The van der Waals surface area contributed by atoms with Crippen molar-refractivity contribution in [2.24, 2.45) is 0 Å². The molecule has 0 amide bonds. The minimum Gasteiger partial charge on any atom is -0.319 e. The van der Waals surface area contributed by atoms with E-state index < -0.39 is 5.67 Å². The zero-order chi connectivity index (χ0) is 9.90. The van der Waals surface area contributed by atoms with E-state index in [9.17, 15) is 4.39 Å². The van der Waals surface area contributed by atoms with Crippen LogP contribution in [0.3, 0.4) is 0 Å². The summed E-state index contributed by atoms with van der Waals surface area (Å²) in [5, 5.41) is 4.03. The second-order valence-electron chi connectivity index (χ2n) is 3.44. The molecule has 0 fully saturated rings. The zero-order valence-corrected chi connectivity index (χ0v) is 9.04. The summed E-state index contributed by atoms with van der Waals surface area (Å²) < 4.78 is 13.4. The summed E-state index contributed by atoms with van der Waals surface area (Å²) in [6, 6.07) is 0. The molecule has 0 unspecified atom stereocenters. The molecule has 0 atom stereocenters. The highest BCUT2D eigenvalue weighted by Crippen LogP contribution is 2.29. The van der Waals surface area contributed by atoms with Crippen LogP contribution in [-0.4, -0.2) is 18.6 Å². The molecule has 0 saturated carbocycles. The Morgan fingerprint density at radius 2 is 2.31 bits per heavy atom.